The number of hydrogen-bond donors (Lipinski definition) is 1. The van der Waals surface area contributed by atoms with Gasteiger partial charge in [0, 0.05) is 34.8 Å². The van der Waals surface area contributed by atoms with Crippen molar-refractivity contribution in [3.05, 3.63) is 54.2 Å². The van der Waals surface area contributed by atoms with Crippen LogP contribution in [-0.4, -0.2) is 31.1 Å². The molecule has 1 N–H and O–H groups in total. The lowest BCUT2D eigenvalue weighted by Crippen LogP contribution is -2.03. The lowest BCUT2D eigenvalue weighted by molar-refractivity contribution is 0.322. The fraction of sp³-hybridized carbons (Fsp3) is 0.167. The largest absolute Gasteiger partial charge is 0.265 e. The minimum absolute atomic E-state index is 0.239. The predicted molar refractivity (Wildman–Crippen MR) is 89.1 cm³/mol. The first-order valence-electron chi connectivity index (χ1n) is 7.99. The Kier molecular flexibility index (Phi) is 2.97. The first kappa shape index (κ1) is 14.3. The molecule has 25 heavy (non-hydrogen) atoms. The summed E-state index contributed by atoms with van der Waals surface area (Å²) < 4.78 is 29.0. The number of rotatable bonds is 2. The van der Waals surface area contributed by atoms with Crippen LogP contribution in [0.4, 0.5) is 8.78 Å². The van der Waals surface area contributed by atoms with Crippen molar-refractivity contribution in [1.29, 1.82) is 0 Å². The van der Waals surface area contributed by atoms with Crippen LogP contribution in [0.5, 0.6) is 0 Å². The smallest absolute Gasteiger partial charge is 0.155 e. The molecule has 0 bridgehead atoms. The molecule has 1 aliphatic heterocycles. The molecule has 0 radical (unpaired) electrons. The second-order valence-corrected chi connectivity index (χ2v) is 6.15. The second kappa shape index (κ2) is 5.20. The molecule has 3 aromatic heterocycles. The van der Waals surface area contributed by atoms with E-state index in [-0.39, 0.29) is 12.4 Å². The summed E-state index contributed by atoms with van der Waals surface area (Å²) in [6.45, 7) is 0.239. The first-order chi connectivity index (χ1) is 12.2. The van der Waals surface area contributed by atoms with E-state index in [1.54, 1.807) is 29.2 Å². The molecule has 0 saturated carbocycles. The van der Waals surface area contributed by atoms with Crippen LogP contribution in [0.3, 0.4) is 0 Å². The minimum Gasteiger partial charge on any atom is -0.265 e. The van der Waals surface area contributed by atoms with Crippen LogP contribution < -0.4 is 0 Å². The molecule has 0 aliphatic carbocycles. The molecule has 5 nitrogen and oxygen atoms in total. The Balaban J connectivity index is 1.80. The Bertz CT molecular complexity index is 1080. The van der Waals surface area contributed by atoms with Crippen molar-refractivity contribution in [2.24, 2.45) is 0 Å². The summed E-state index contributed by atoms with van der Waals surface area (Å²) in [4.78, 5) is 4.27. The molecule has 0 amide bonds. The fourth-order valence-corrected chi connectivity index (χ4v) is 3.48. The summed E-state index contributed by atoms with van der Waals surface area (Å²) in [6.07, 6.45) is 2.77. The maximum absolute atomic E-state index is 13.9. The van der Waals surface area contributed by atoms with E-state index in [1.165, 1.54) is 12.1 Å². The lowest BCUT2D eigenvalue weighted by Gasteiger charge is -2.07. The van der Waals surface area contributed by atoms with E-state index in [0.29, 0.717) is 12.1 Å². The van der Waals surface area contributed by atoms with E-state index >= 15 is 0 Å². The zero-order valence-electron chi connectivity index (χ0n) is 13.1. The van der Waals surface area contributed by atoms with Crippen LogP contribution in [0, 0.1) is 5.82 Å². The minimum atomic E-state index is -0.940. The molecule has 4 aromatic rings. The SMILES string of the molecule is Fc1ccc(-c2nn3c(c2-c2ccnc4[nH]ncc24)CC(F)C3)cc1. The molecule has 1 atom stereocenters. The topological polar surface area (TPSA) is 59.4 Å². The van der Waals surface area contributed by atoms with Gasteiger partial charge in [-0.3, -0.25) is 9.78 Å². The molecule has 1 aliphatic rings. The number of fused-ring (bicyclic) bond motifs is 2. The van der Waals surface area contributed by atoms with E-state index in [9.17, 15) is 8.78 Å². The van der Waals surface area contributed by atoms with Crippen LogP contribution in [0.2, 0.25) is 0 Å². The molecule has 0 fully saturated rings. The number of alkyl halides is 1. The normalized spacial score (nSPS) is 16.5. The highest BCUT2D eigenvalue weighted by atomic mass is 19.1. The summed E-state index contributed by atoms with van der Waals surface area (Å²) in [6, 6.07) is 8.08. The van der Waals surface area contributed by atoms with E-state index in [4.69, 9.17) is 0 Å². The van der Waals surface area contributed by atoms with Crippen molar-refractivity contribution in [3.63, 3.8) is 0 Å². The molecule has 5 rings (SSSR count). The Labute approximate surface area is 141 Å². The van der Waals surface area contributed by atoms with Crippen LogP contribution in [0.1, 0.15) is 5.69 Å². The van der Waals surface area contributed by atoms with Gasteiger partial charge in [-0.15, -0.1) is 0 Å². The van der Waals surface area contributed by atoms with Crippen LogP contribution >= 0.6 is 0 Å². The molecule has 4 heterocycles. The number of H-pyrrole nitrogens is 1. The number of aromatic nitrogens is 5. The molecule has 124 valence electrons. The maximum Gasteiger partial charge on any atom is 0.155 e. The van der Waals surface area contributed by atoms with E-state index < -0.39 is 6.17 Å². The number of nitrogens with one attached hydrogen (secondary N) is 1. The molecular formula is C18H13F2N5. The molecule has 1 aromatic carbocycles. The van der Waals surface area contributed by atoms with Gasteiger partial charge >= 0.3 is 0 Å². The van der Waals surface area contributed by atoms with Crippen molar-refractivity contribution < 1.29 is 8.78 Å². The average molecular weight is 337 g/mol. The predicted octanol–water partition coefficient (Wildman–Crippen LogP) is 3.52. The summed E-state index contributed by atoms with van der Waals surface area (Å²) >= 11 is 0. The molecule has 1 unspecified atom stereocenters. The quantitative estimate of drug-likeness (QED) is 0.609. The van der Waals surface area contributed by atoms with E-state index in [1.807, 2.05) is 6.07 Å². The monoisotopic (exact) mass is 337 g/mol. The van der Waals surface area contributed by atoms with Gasteiger partial charge in [0.2, 0.25) is 0 Å². The Morgan fingerprint density at radius 2 is 2.00 bits per heavy atom. The van der Waals surface area contributed by atoms with Gasteiger partial charge in [0.25, 0.3) is 0 Å². The highest BCUT2D eigenvalue weighted by Crippen LogP contribution is 2.40. The average Bonchev–Trinajstić information content (AvgIpc) is 3.29. The van der Waals surface area contributed by atoms with Gasteiger partial charge in [0.15, 0.2) is 5.65 Å². The molecule has 0 saturated heterocycles. The van der Waals surface area contributed by atoms with Crippen LogP contribution in [0.15, 0.2) is 42.7 Å². The van der Waals surface area contributed by atoms with Crippen LogP contribution in [-0.2, 0) is 13.0 Å². The summed E-state index contributed by atoms with van der Waals surface area (Å²) in [7, 11) is 0. The summed E-state index contributed by atoms with van der Waals surface area (Å²) in [5.41, 5.74) is 4.78. The van der Waals surface area contributed by atoms with Crippen LogP contribution in [0.25, 0.3) is 33.4 Å². The number of pyridine rings is 1. The number of aromatic amines is 1. The Hall–Kier alpha value is -3.09. The van der Waals surface area contributed by atoms with Gasteiger partial charge in [-0.25, -0.2) is 13.8 Å². The van der Waals surface area contributed by atoms with Crippen molar-refractivity contribution in [2.75, 3.05) is 0 Å². The Morgan fingerprint density at radius 3 is 2.84 bits per heavy atom. The summed E-state index contributed by atoms with van der Waals surface area (Å²) in [5.74, 6) is -0.304. The Morgan fingerprint density at radius 1 is 1.16 bits per heavy atom. The van der Waals surface area contributed by atoms with Crippen molar-refractivity contribution in [2.45, 2.75) is 19.1 Å². The van der Waals surface area contributed by atoms with Crippen molar-refractivity contribution >= 4 is 11.0 Å². The third-order valence-corrected chi connectivity index (χ3v) is 4.58. The summed E-state index contributed by atoms with van der Waals surface area (Å²) in [5, 5.41) is 12.4. The van der Waals surface area contributed by atoms with Gasteiger partial charge in [0.1, 0.15) is 17.7 Å². The maximum atomic E-state index is 13.9. The molecular weight excluding hydrogens is 324 g/mol. The third-order valence-electron chi connectivity index (χ3n) is 4.58. The number of halogens is 2. The number of hydrogen-bond acceptors (Lipinski definition) is 3. The van der Waals surface area contributed by atoms with Gasteiger partial charge in [-0.05, 0) is 35.9 Å². The first-order valence-corrected chi connectivity index (χ1v) is 7.99. The second-order valence-electron chi connectivity index (χ2n) is 6.15. The zero-order chi connectivity index (χ0) is 17.0. The highest BCUT2D eigenvalue weighted by Gasteiger charge is 2.30. The van der Waals surface area contributed by atoms with E-state index in [2.05, 4.69) is 20.3 Å². The van der Waals surface area contributed by atoms with Gasteiger partial charge in [0.05, 0.1) is 12.7 Å². The fourth-order valence-electron chi connectivity index (χ4n) is 3.48. The van der Waals surface area contributed by atoms with Gasteiger partial charge in [-0.1, -0.05) is 0 Å². The highest BCUT2D eigenvalue weighted by molar-refractivity contribution is 5.97. The van der Waals surface area contributed by atoms with Gasteiger partial charge < -0.3 is 0 Å². The number of benzene rings is 1. The van der Waals surface area contributed by atoms with E-state index in [0.717, 1.165) is 33.5 Å². The third kappa shape index (κ3) is 2.15. The number of nitrogens with zero attached hydrogens (tertiary/aromatic N) is 4. The van der Waals surface area contributed by atoms with Gasteiger partial charge in [-0.2, -0.15) is 10.2 Å². The standard InChI is InChI=1S/C18H13F2N5/c19-11-3-1-10(2-4-11)17-16(15-7-12(20)9-25(15)24-17)13-5-6-21-18-14(13)8-22-23-18/h1-6,8,12H,7,9H2,(H,21,22,23). The molecule has 0 spiro atoms. The lowest BCUT2D eigenvalue weighted by atomic mass is 9.96. The molecule has 7 heteroatoms. The van der Waals surface area contributed by atoms with Crippen molar-refractivity contribution in [1.82, 2.24) is 25.0 Å². The zero-order valence-corrected chi connectivity index (χ0v) is 13.1. The van der Waals surface area contributed by atoms with Crippen molar-refractivity contribution in [3.8, 4) is 22.4 Å².